The van der Waals surface area contributed by atoms with Crippen LogP contribution in [0.3, 0.4) is 0 Å². The zero-order chi connectivity index (χ0) is 12.9. The van der Waals surface area contributed by atoms with Gasteiger partial charge in [0.25, 0.3) is 0 Å². The van der Waals surface area contributed by atoms with Crippen molar-refractivity contribution < 1.29 is 0 Å². The molecule has 0 N–H and O–H groups in total. The highest BCUT2D eigenvalue weighted by Gasteiger charge is 2.18. The quantitative estimate of drug-likeness (QED) is 0.441. The predicted molar refractivity (Wildman–Crippen MR) is 76.0 cm³/mol. The second kappa shape index (κ2) is 6.60. The van der Waals surface area contributed by atoms with Crippen molar-refractivity contribution in [1.82, 2.24) is 9.97 Å². The summed E-state index contributed by atoms with van der Waals surface area (Å²) in [7, 11) is 0. The maximum absolute atomic E-state index is 6.03. The molecule has 0 spiro atoms. The molecule has 1 aromatic rings. The number of nitrogens with zero attached hydrogens (tertiary/aromatic N) is 2. The van der Waals surface area contributed by atoms with Crippen LogP contribution in [0.4, 0.5) is 0 Å². The fourth-order valence-electron chi connectivity index (χ4n) is 1.34. The van der Waals surface area contributed by atoms with Crippen molar-refractivity contribution >= 4 is 23.4 Å². The van der Waals surface area contributed by atoms with Crippen LogP contribution in [0.2, 0.25) is 5.15 Å². The molecule has 1 rings (SSSR count). The summed E-state index contributed by atoms with van der Waals surface area (Å²) in [4.78, 5) is 8.86. The van der Waals surface area contributed by atoms with Crippen molar-refractivity contribution in [2.24, 2.45) is 0 Å². The van der Waals surface area contributed by atoms with E-state index in [-0.39, 0.29) is 5.41 Å². The van der Waals surface area contributed by atoms with Crippen LogP contribution >= 0.6 is 23.4 Å². The zero-order valence-corrected chi connectivity index (χ0v) is 12.7. The molecule has 4 heteroatoms. The summed E-state index contributed by atoms with van der Waals surface area (Å²) >= 11 is 7.80. The third-order valence-corrected chi connectivity index (χ3v) is 3.53. The number of halogens is 1. The molecule has 0 aliphatic heterocycles. The molecule has 0 aromatic carbocycles. The van der Waals surface area contributed by atoms with Gasteiger partial charge in [-0.15, -0.1) is 11.8 Å². The minimum atomic E-state index is -0.0520. The molecule has 96 valence electrons. The van der Waals surface area contributed by atoms with Crippen LogP contribution in [0.15, 0.2) is 11.1 Å². The lowest BCUT2D eigenvalue weighted by atomic mass is 9.96. The summed E-state index contributed by atoms with van der Waals surface area (Å²) in [5.74, 6) is 1.92. The van der Waals surface area contributed by atoms with E-state index in [1.807, 2.05) is 6.07 Å². The first-order valence-corrected chi connectivity index (χ1v) is 7.47. The van der Waals surface area contributed by atoms with Crippen molar-refractivity contribution in [3.63, 3.8) is 0 Å². The third kappa shape index (κ3) is 5.26. The van der Waals surface area contributed by atoms with Crippen LogP contribution < -0.4 is 0 Å². The van der Waals surface area contributed by atoms with Gasteiger partial charge in [-0.1, -0.05) is 52.1 Å². The van der Waals surface area contributed by atoms with Gasteiger partial charge in [-0.3, -0.25) is 0 Å². The normalized spacial score (nSPS) is 11.8. The Balaban J connectivity index is 2.69. The molecule has 0 aliphatic rings. The molecular weight excluding hydrogens is 252 g/mol. The molecule has 0 bridgehead atoms. The number of unbranched alkanes of at least 4 members (excludes halogenated alkanes) is 2. The van der Waals surface area contributed by atoms with Crippen molar-refractivity contribution in [1.29, 1.82) is 0 Å². The Morgan fingerprint density at radius 1 is 1.24 bits per heavy atom. The molecule has 1 heterocycles. The highest BCUT2D eigenvalue weighted by Crippen LogP contribution is 2.25. The van der Waals surface area contributed by atoms with E-state index >= 15 is 0 Å². The molecule has 0 unspecified atom stereocenters. The minimum absolute atomic E-state index is 0.0520. The second-order valence-electron chi connectivity index (χ2n) is 5.16. The minimum Gasteiger partial charge on any atom is -0.226 e. The Hall–Kier alpha value is -0.280. The Labute approximate surface area is 114 Å². The largest absolute Gasteiger partial charge is 0.226 e. The first-order valence-electron chi connectivity index (χ1n) is 6.11. The van der Waals surface area contributed by atoms with Gasteiger partial charge in [-0.25, -0.2) is 9.97 Å². The van der Waals surface area contributed by atoms with E-state index in [1.54, 1.807) is 11.8 Å². The first kappa shape index (κ1) is 14.8. The third-order valence-electron chi connectivity index (χ3n) is 2.34. The van der Waals surface area contributed by atoms with E-state index in [0.717, 1.165) is 16.6 Å². The summed E-state index contributed by atoms with van der Waals surface area (Å²) < 4.78 is 0. The average molecular weight is 273 g/mol. The molecule has 0 amide bonds. The highest BCUT2D eigenvalue weighted by atomic mass is 35.5. The van der Waals surface area contributed by atoms with Gasteiger partial charge < -0.3 is 0 Å². The van der Waals surface area contributed by atoms with Crippen molar-refractivity contribution in [2.45, 2.75) is 57.4 Å². The van der Waals surface area contributed by atoms with Gasteiger partial charge in [0.05, 0.1) is 0 Å². The van der Waals surface area contributed by atoms with Gasteiger partial charge in [-0.05, 0) is 12.2 Å². The Morgan fingerprint density at radius 3 is 2.53 bits per heavy atom. The molecular formula is C13H21ClN2S. The molecule has 1 aromatic heterocycles. The van der Waals surface area contributed by atoms with E-state index < -0.39 is 0 Å². The number of hydrogen-bond acceptors (Lipinski definition) is 3. The Bertz CT molecular complexity index is 361. The first-order chi connectivity index (χ1) is 7.93. The lowest BCUT2D eigenvalue weighted by Gasteiger charge is -2.17. The SMILES string of the molecule is CCCCCSc1cc(Cl)nc(C(C)(C)C)n1. The van der Waals surface area contributed by atoms with E-state index in [4.69, 9.17) is 11.6 Å². The van der Waals surface area contributed by atoms with Crippen LogP contribution in [0.25, 0.3) is 0 Å². The molecule has 0 aliphatic carbocycles. The lowest BCUT2D eigenvalue weighted by Crippen LogP contribution is -2.16. The topological polar surface area (TPSA) is 25.8 Å². The van der Waals surface area contributed by atoms with Crippen molar-refractivity contribution in [3.8, 4) is 0 Å². The molecule has 0 saturated heterocycles. The van der Waals surface area contributed by atoms with E-state index in [2.05, 4.69) is 37.7 Å². The van der Waals surface area contributed by atoms with Gasteiger partial charge in [0.2, 0.25) is 0 Å². The Morgan fingerprint density at radius 2 is 1.94 bits per heavy atom. The lowest BCUT2D eigenvalue weighted by molar-refractivity contribution is 0.538. The summed E-state index contributed by atoms with van der Waals surface area (Å²) in [5.41, 5.74) is -0.0520. The summed E-state index contributed by atoms with van der Waals surface area (Å²) in [6, 6.07) is 1.85. The zero-order valence-electron chi connectivity index (χ0n) is 11.1. The smallest absolute Gasteiger partial charge is 0.136 e. The van der Waals surface area contributed by atoms with Crippen LogP contribution in [-0.4, -0.2) is 15.7 Å². The van der Waals surface area contributed by atoms with Gasteiger partial charge in [0, 0.05) is 11.5 Å². The molecule has 0 saturated carbocycles. The number of thioether (sulfide) groups is 1. The summed E-state index contributed by atoms with van der Waals surface area (Å²) in [6.07, 6.45) is 3.75. The molecule has 0 fully saturated rings. The average Bonchev–Trinajstić information content (AvgIpc) is 2.22. The fourth-order valence-corrected chi connectivity index (χ4v) is 2.49. The fraction of sp³-hybridized carbons (Fsp3) is 0.692. The number of hydrogen-bond donors (Lipinski definition) is 0. The van der Waals surface area contributed by atoms with Gasteiger partial charge in [0.1, 0.15) is 16.0 Å². The van der Waals surface area contributed by atoms with E-state index in [1.165, 1.54) is 19.3 Å². The predicted octanol–water partition coefficient (Wildman–Crippen LogP) is 4.71. The van der Waals surface area contributed by atoms with Gasteiger partial charge in [-0.2, -0.15) is 0 Å². The number of rotatable bonds is 5. The summed E-state index contributed by atoms with van der Waals surface area (Å²) in [6.45, 7) is 8.52. The molecule has 0 radical (unpaired) electrons. The molecule has 0 atom stereocenters. The van der Waals surface area contributed by atoms with Crippen LogP contribution in [0.1, 0.15) is 52.8 Å². The van der Waals surface area contributed by atoms with E-state index in [0.29, 0.717) is 5.15 Å². The second-order valence-corrected chi connectivity index (χ2v) is 6.66. The van der Waals surface area contributed by atoms with Gasteiger partial charge in [0.15, 0.2) is 0 Å². The maximum Gasteiger partial charge on any atom is 0.136 e. The van der Waals surface area contributed by atoms with Crippen molar-refractivity contribution in [3.05, 3.63) is 17.0 Å². The summed E-state index contributed by atoms with van der Waals surface area (Å²) in [5, 5.41) is 1.54. The van der Waals surface area contributed by atoms with E-state index in [9.17, 15) is 0 Å². The number of aromatic nitrogens is 2. The van der Waals surface area contributed by atoms with Crippen LogP contribution in [0, 0.1) is 0 Å². The standard InChI is InChI=1S/C13H21ClN2S/c1-5-6-7-8-17-11-9-10(14)15-12(16-11)13(2,3)4/h9H,5-8H2,1-4H3. The molecule has 2 nitrogen and oxygen atoms in total. The monoisotopic (exact) mass is 272 g/mol. The van der Waals surface area contributed by atoms with Gasteiger partial charge >= 0.3 is 0 Å². The Kier molecular flexibility index (Phi) is 5.74. The van der Waals surface area contributed by atoms with Crippen LogP contribution in [-0.2, 0) is 5.41 Å². The molecule has 17 heavy (non-hydrogen) atoms. The van der Waals surface area contributed by atoms with Crippen LogP contribution in [0.5, 0.6) is 0 Å². The maximum atomic E-state index is 6.03. The highest BCUT2D eigenvalue weighted by molar-refractivity contribution is 7.99. The van der Waals surface area contributed by atoms with Crippen molar-refractivity contribution in [2.75, 3.05) is 5.75 Å².